The molecule has 1 aromatic heterocycles. The molecule has 19 heavy (non-hydrogen) atoms. The van der Waals surface area contributed by atoms with Gasteiger partial charge in [-0.3, -0.25) is 0 Å². The predicted octanol–water partition coefficient (Wildman–Crippen LogP) is 2.96. The molecule has 2 aliphatic rings. The minimum absolute atomic E-state index is 0.211. The molecular weight excluding hydrogens is 248 g/mol. The number of nitrogen functional groups attached to an aromatic ring is 1. The second-order valence-corrected chi connectivity index (χ2v) is 5.70. The number of piperidine rings is 1. The SMILES string of the molecule is Nc1nc(N2CCC3CCCCC3C2)c(F)cc1F. The summed E-state index contributed by atoms with van der Waals surface area (Å²) in [5, 5.41) is 0. The summed E-state index contributed by atoms with van der Waals surface area (Å²) in [6, 6.07) is 0.838. The summed E-state index contributed by atoms with van der Waals surface area (Å²) in [4.78, 5) is 5.82. The average Bonchev–Trinajstić information content (AvgIpc) is 2.42. The Morgan fingerprint density at radius 3 is 2.63 bits per heavy atom. The molecule has 104 valence electrons. The molecule has 1 aromatic rings. The molecule has 2 unspecified atom stereocenters. The lowest BCUT2D eigenvalue weighted by atomic mass is 9.75. The number of hydrogen-bond donors (Lipinski definition) is 1. The minimum atomic E-state index is -0.784. The van der Waals surface area contributed by atoms with Gasteiger partial charge in [0.25, 0.3) is 0 Å². The van der Waals surface area contributed by atoms with Crippen LogP contribution in [-0.2, 0) is 0 Å². The van der Waals surface area contributed by atoms with Crippen LogP contribution >= 0.6 is 0 Å². The molecule has 1 saturated heterocycles. The van der Waals surface area contributed by atoms with E-state index in [0.717, 1.165) is 31.5 Å². The maximum Gasteiger partial charge on any atom is 0.168 e. The summed E-state index contributed by atoms with van der Waals surface area (Å²) in [5.74, 6) is -0.0133. The van der Waals surface area contributed by atoms with Crippen molar-refractivity contribution in [3.63, 3.8) is 0 Å². The van der Waals surface area contributed by atoms with Crippen molar-refractivity contribution in [2.45, 2.75) is 32.1 Å². The first-order valence-corrected chi connectivity index (χ1v) is 7.01. The van der Waals surface area contributed by atoms with E-state index >= 15 is 0 Å². The molecule has 2 fully saturated rings. The van der Waals surface area contributed by atoms with Gasteiger partial charge in [-0.25, -0.2) is 13.8 Å². The molecule has 0 bridgehead atoms. The fourth-order valence-electron chi connectivity index (χ4n) is 3.49. The van der Waals surface area contributed by atoms with Crippen LogP contribution in [0.5, 0.6) is 0 Å². The molecule has 2 N–H and O–H groups in total. The van der Waals surface area contributed by atoms with Crippen molar-refractivity contribution in [1.82, 2.24) is 4.98 Å². The highest BCUT2D eigenvalue weighted by Crippen LogP contribution is 2.37. The second kappa shape index (κ2) is 4.94. The van der Waals surface area contributed by atoms with Gasteiger partial charge < -0.3 is 10.6 Å². The van der Waals surface area contributed by atoms with Gasteiger partial charge >= 0.3 is 0 Å². The Hall–Kier alpha value is -1.39. The van der Waals surface area contributed by atoms with E-state index in [1.165, 1.54) is 25.7 Å². The Morgan fingerprint density at radius 2 is 1.84 bits per heavy atom. The molecule has 1 saturated carbocycles. The average molecular weight is 267 g/mol. The van der Waals surface area contributed by atoms with Crippen molar-refractivity contribution in [3.8, 4) is 0 Å². The fraction of sp³-hybridized carbons (Fsp3) is 0.643. The van der Waals surface area contributed by atoms with E-state index in [-0.39, 0.29) is 11.6 Å². The topological polar surface area (TPSA) is 42.1 Å². The number of aromatic nitrogens is 1. The maximum absolute atomic E-state index is 13.8. The lowest BCUT2D eigenvalue weighted by Crippen LogP contribution is -2.42. The molecule has 2 atom stereocenters. The lowest BCUT2D eigenvalue weighted by Gasteiger charge is -2.41. The number of nitrogens with zero attached hydrogens (tertiary/aromatic N) is 2. The Bertz CT molecular complexity index is 478. The molecule has 3 rings (SSSR count). The molecule has 3 nitrogen and oxygen atoms in total. The van der Waals surface area contributed by atoms with Crippen LogP contribution in [0.2, 0.25) is 0 Å². The summed E-state index contributed by atoms with van der Waals surface area (Å²) in [5.41, 5.74) is 5.45. The van der Waals surface area contributed by atoms with E-state index in [4.69, 9.17) is 5.73 Å². The summed E-state index contributed by atoms with van der Waals surface area (Å²) < 4.78 is 27.0. The van der Waals surface area contributed by atoms with E-state index in [0.29, 0.717) is 5.92 Å². The van der Waals surface area contributed by atoms with Crippen molar-refractivity contribution < 1.29 is 8.78 Å². The predicted molar refractivity (Wildman–Crippen MR) is 70.8 cm³/mol. The normalized spacial score (nSPS) is 27.2. The van der Waals surface area contributed by atoms with Crippen molar-refractivity contribution >= 4 is 11.6 Å². The number of hydrogen-bond acceptors (Lipinski definition) is 3. The highest BCUT2D eigenvalue weighted by atomic mass is 19.1. The molecule has 5 heteroatoms. The van der Waals surface area contributed by atoms with Crippen LogP contribution in [0.4, 0.5) is 20.4 Å². The maximum atomic E-state index is 13.8. The zero-order valence-electron chi connectivity index (χ0n) is 10.9. The van der Waals surface area contributed by atoms with Crippen LogP contribution in [-0.4, -0.2) is 18.1 Å². The van der Waals surface area contributed by atoms with E-state index in [1.807, 2.05) is 4.90 Å². The van der Waals surface area contributed by atoms with Crippen molar-refractivity contribution in [2.75, 3.05) is 23.7 Å². The van der Waals surface area contributed by atoms with Gasteiger partial charge in [0.15, 0.2) is 23.3 Å². The molecular formula is C14H19F2N3. The van der Waals surface area contributed by atoms with Crippen molar-refractivity contribution in [2.24, 2.45) is 11.8 Å². The third-order valence-corrected chi connectivity index (χ3v) is 4.53. The molecule has 1 aliphatic heterocycles. The highest BCUT2D eigenvalue weighted by molar-refractivity contribution is 5.47. The molecule has 0 aromatic carbocycles. The zero-order valence-corrected chi connectivity index (χ0v) is 10.9. The summed E-state index contributed by atoms with van der Waals surface area (Å²) in [7, 11) is 0. The Kier molecular flexibility index (Phi) is 3.29. The highest BCUT2D eigenvalue weighted by Gasteiger charge is 2.32. The quantitative estimate of drug-likeness (QED) is 0.850. The van der Waals surface area contributed by atoms with Gasteiger partial charge in [-0.2, -0.15) is 0 Å². The zero-order chi connectivity index (χ0) is 13.4. The van der Waals surface area contributed by atoms with Gasteiger partial charge in [-0.15, -0.1) is 0 Å². The number of pyridine rings is 1. The molecule has 1 aliphatic carbocycles. The van der Waals surface area contributed by atoms with Gasteiger partial charge in [0, 0.05) is 19.2 Å². The van der Waals surface area contributed by atoms with Gasteiger partial charge in [0.1, 0.15) is 0 Å². The Morgan fingerprint density at radius 1 is 1.11 bits per heavy atom. The van der Waals surface area contributed by atoms with Gasteiger partial charge in [0.05, 0.1) is 0 Å². The fourth-order valence-corrected chi connectivity index (χ4v) is 3.49. The number of nitrogens with two attached hydrogens (primary N) is 1. The van der Waals surface area contributed by atoms with E-state index in [1.54, 1.807) is 0 Å². The lowest BCUT2D eigenvalue weighted by molar-refractivity contribution is 0.201. The van der Waals surface area contributed by atoms with Gasteiger partial charge in [-0.05, 0) is 24.7 Å². The summed E-state index contributed by atoms with van der Waals surface area (Å²) >= 11 is 0. The number of halogens is 2. The van der Waals surface area contributed by atoms with Crippen molar-refractivity contribution in [3.05, 3.63) is 17.7 Å². The number of fused-ring (bicyclic) bond motifs is 1. The van der Waals surface area contributed by atoms with Gasteiger partial charge in [0.2, 0.25) is 0 Å². The van der Waals surface area contributed by atoms with Crippen LogP contribution in [0.25, 0.3) is 0 Å². The monoisotopic (exact) mass is 267 g/mol. The smallest absolute Gasteiger partial charge is 0.168 e. The van der Waals surface area contributed by atoms with Crippen molar-refractivity contribution in [1.29, 1.82) is 0 Å². The number of anilines is 2. The first-order chi connectivity index (χ1) is 9.15. The third kappa shape index (κ3) is 2.38. The van der Waals surface area contributed by atoms with Gasteiger partial charge in [-0.1, -0.05) is 19.3 Å². The van der Waals surface area contributed by atoms with Crippen LogP contribution in [0.15, 0.2) is 6.07 Å². The van der Waals surface area contributed by atoms with E-state index < -0.39 is 11.6 Å². The summed E-state index contributed by atoms with van der Waals surface area (Å²) in [6.07, 6.45) is 6.15. The molecule has 0 radical (unpaired) electrons. The number of rotatable bonds is 1. The molecule has 0 amide bonds. The van der Waals surface area contributed by atoms with Crippen LogP contribution in [0, 0.1) is 23.5 Å². The standard InChI is InChI=1S/C14H19F2N3/c15-11-7-12(16)14(18-13(11)17)19-6-5-9-3-1-2-4-10(9)8-19/h7,9-10H,1-6,8H2,(H2,17,18). The largest absolute Gasteiger partial charge is 0.381 e. The minimum Gasteiger partial charge on any atom is -0.381 e. The van der Waals surface area contributed by atoms with Crippen LogP contribution in [0.3, 0.4) is 0 Å². The van der Waals surface area contributed by atoms with Crippen LogP contribution < -0.4 is 10.6 Å². The van der Waals surface area contributed by atoms with E-state index in [2.05, 4.69) is 4.98 Å². The first-order valence-electron chi connectivity index (χ1n) is 7.01. The first kappa shape index (κ1) is 12.6. The molecule has 2 heterocycles. The van der Waals surface area contributed by atoms with E-state index in [9.17, 15) is 8.78 Å². The summed E-state index contributed by atoms with van der Waals surface area (Å²) in [6.45, 7) is 1.61. The Labute approximate surface area is 111 Å². The third-order valence-electron chi connectivity index (χ3n) is 4.53. The molecule has 0 spiro atoms. The second-order valence-electron chi connectivity index (χ2n) is 5.70. The Balaban J connectivity index is 1.81. The van der Waals surface area contributed by atoms with Crippen LogP contribution in [0.1, 0.15) is 32.1 Å².